The van der Waals surface area contributed by atoms with Crippen molar-refractivity contribution >= 4 is 34.0 Å². The van der Waals surface area contributed by atoms with Crippen molar-refractivity contribution in [3.63, 3.8) is 0 Å². The third-order valence-electron chi connectivity index (χ3n) is 4.98. The molecule has 1 N–H and O–H groups in total. The molecule has 1 amide bonds. The van der Waals surface area contributed by atoms with E-state index in [4.69, 9.17) is 11.6 Å². The summed E-state index contributed by atoms with van der Waals surface area (Å²) in [5, 5.41) is 5.75. The zero-order valence-electron chi connectivity index (χ0n) is 14.7. The number of amides is 1. The molecule has 0 saturated heterocycles. The Morgan fingerprint density at radius 3 is 2.69 bits per heavy atom. The van der Waals surface area contributed by atoms with Crippen molar-refractivity contribution in [2.45, 2.75) is 24.6 Å². The average molecular weight is 435 g/mol. The highest BCUT2D eigenvalue weighted by Gasteiger charge is 2.53. The molecule has 3 aromatic rings. The van der Waals surface area contributed by atoms with Crippen LogP contribution < -0.4 is 14.8 Å². The molecule has 148 valence electrons. The van der Waals surface area contributed by atoms with E-state index in [0.29, 0.717) is 34.3 Å². The minimum atomic E-state index is -3.68. The van der Waals surface area contributed by atoms with Gasteiger partial charge in [-0.15, -0.1) is 20.1 Å². The molecule has 1 aliphatic carbocycles. The number of alkyl halides is 2. The molecular formula is C20H13ClF2N2O3S. The highest BCUT2D eigenvalue weighted by Crippen LogP contribution is 2.52. The van der Waals surface area contributed by atoms with Gasteiger partial charge in [0.25, 0.3) is 0 Å². The lowest BCUT2D eigenvalue weighted by atomic mass is 9.94. The van der Waals surface area contributed by atoms with Crippen molar-refractivity contribution in [2.24, 2.45) is 0 Å². The summed E-state index contributed by atoms with van der Waals surface area (Å²) in [5.74, 6) is -0.333. The van der Waals surface area contributed by atoms with Crippen LogP contribution >= 0.6 is 22.9 Å². The minimum absolute atomic E-state index is 0.0407. The summed E-state index contributed by atoms with van der Waals surface area (Å²) in [6, 6.07) is 11.8. The van der Waals surface area contributed by atoms with Gasteiger partial charge < -0.3 is 14.8 Å². The lowest BCUT2D eigenvalue weighted by Gasteiger charge is -2.15. The van der Waals surface area contributed by atoms with Crippen LogP contribution in [0.5, 0.6) is 11.5 Å². The Bertz CT molecular complexity index is 1130. The topological polar surface area (TPSA) is 60.5 Å². The van der Waals surface area contributed by atoms with Gasteiger partial charge in [0.1, 0.15) is 0 Å². The number of rotatable bonds is 4. The van der Waals surface area contributed by atoms with Crippen LogP contribution in [-0.2, 0) is 10.2 Å². The largest absolute Gasteiger partial charge is 0.586 e. The molecule has 5 nitrogen and oxygen atoms in total. The summed E-state index contributed by atoms with van der Waals surface area (Å²) in [6.07, 6.45) is -2.46. The van der Waals surface area contributed by atoms with Crippen molar-refractivity contribution in [3.05, 3.63) is 58.4 Å². The number of thiazole rings is 1. The van der Waals surface area contributed by atoms with E-state index in [1.807, 2.05) is 17.5 Å². The first-order valence-corrected chi connectivity index (χ1v) is 10.0. The van der Waals surface area contributed by atoms with Gasteiger partial charge in [-0.2, -0.15) is 0 Å². The van der Waals surface area contributed by atoms with E-state index in [2.05, 4.69) is 19.8 Å². The van der Waals surface area contributed by atoms with Crippen molar-refractivity contribution in [1.29, 1.82) is 0 Å². The van der Waals surface area contributed by atoms with E-state index in [0.717, 1.165) is 5.56 Å². The number of halogens is 3. The second kappa shape index (κ2) is 6.40. The number of carbonyl (C=O) groups is 1. The summed E-state index contributed by atoms with van der Waals surface area (Å²) in [5.41, 5.74) is 1.40. The zero-order valence-corrected chi connectivity index (χ0v) is 16.3. The molecule has 1 saturated carbocycles. The first kappa shape index (κ1) is 18.3. The first-order valence-electron chi connectivity index (χ1n) is 8.78. The smallest absolute Gasteiger partial charge is 0.395 e. The summed E-state index contributed by atoms with van der Waals surface area (Å²) in [7, 11) is 0. The zero-order chi connectivity index (χ0) is 20.2. The quantitative estimate of drug-likeness (QED) is 0.592. The number of aromatic nitrogens is 1. The number of hydrogen-bond acceptors (Lipinski definition) is 5. The fourth-order valence-corrected chi connectivity index (χ4v) is 4.25. The molecule has 2 aromatic carbocycles. The lowest BCUT2D eigenvalue weighted by molar-refractivity contribution is -0.286. The van der Waals surface area contributed by atoms with Crippen molar-refractivity contribution in [1.82, 2.24) is 4.98 Å². The number of nitrogens with one attached hydrogen (secondary N) is 1. The summed E-state index contributed by atoms with van der Waals surface area (Å²) in [6.45, 7) is 0. The third kappa shape index (κ3) is 3.32. The van der Waals surface area contributed by atoms with E-state index in [1.54, 1.807) is 18.2 Å². The molecule has 0 radical (unpaired) electrons. The monoisotopic (exact) mass is 434 g/mol. The lowest BCUT2D eigenvalue weighted by Crippen LogP contribution is -2.27. The molecule has 2 heterocycles. The van der Waals surface area contributed by atoms with Crippen LogP contribution in [0.1, 0.15) is 18.4 Å². The molecule has 9 heteroatoms. The highest BCUT2D eigenvalue weighted by atomic mass is 35.5. The maximum atomic E-state index is 13.3. The third-order valence-corrected chi connectivity index (χ3v) is 5.98. The van der Waals surface area contributed by atoms with Gasteiger partial charge in [-0.1, -0.05) is 29.8 Å². The van der Waals surface area contributed by atoms with Gasteiger partial charge in [-0.25, -0.2) is 4.98 Å². The molecule has 1 aromatic heterocycles. The van der Waals surface area contributed by atoms with Gasteiger partial charge in [0.15, 0.2) is 16.6 Å². The normalized spacial score (nSPS) is 17.8. The Labute approximate surface area is 173 Å². The van der Waals surface area contributed by atoms with Crippen LogP contribution in [0.2, 0.25) is 5.02 Å². The molecule has 5 rings (SSSR count). The number of fused-ring (bicyclic) bond motifs is 1. The van der Waals surface area contributed by atoms with E-state index in [-0.39, 0.29) is 17.4 Å². The molecular weight excluding hydrogens is 422 g/mol. The number of hydrogen-bond donors (Lipinski definition) is 1. The Balaban J connectivity index is 1.36. The first-order chi connectivity index (χ1) is 13.8. The van der Waals surface area contributed by atoms with Crippen LogP contribution in [0, 0.1) is 0 Å². The van der Waals surface area contributed by atoms with Gasteiger partial charge in [-0.3, -0.25) is 4.79 Å². The van der Waals surface area contributed by atoms with Crippen LogP contribution in [0.15, 0.2) is 47.8 Å². The SMILES string of the molecule is O=C(Nc1nc(-c2cccc(Cl)c2)cs1)C1(c2ccc3c(c2)OC(F)(F)O3)CC1. The van der Waals surface area contributed by atoms with Crippen molar-refractivity contribution in [3.8, 4) is 22.8 Å². The maximum Gasteiger partial charge on any atom is 0.586 e. The second-order valence-corrected chi connectivity index (χ2v) is 8.21. The van der Waals surface area contributed by atoms with Crippen LogP contribution in [-0.4, -0.2) is 17.2 Å². The van der Waals surface area contributed by atoms with Gasteiger partial charge in [-0.05, 0) is 42.7 Å². The number of anilines is 1. The fourth-order valence-electron chi connectivity index (χ4n) is 3.35. The molecule has 1 fully saturated rings. The Morgan fingerprint density at radius 2 is 1.93 bits per heavy atom. The molecule has 2 aliphatic rings. The van der Waals surface area contributed by atoms with E-state index >= 15 is 0 Å². The molecule has 1 aliphatic heterocycles. The van der Waals surface area contributed by atoms with E-state index < -0.39 is 11.7 Å². The highest BCUT2D eigenvalue weighted by molar-refractivity contribution is 7.14. The molecule has 29 heavy (non-hydrogen) atoms. The number of carbonyl (C=O) groups excluding carboxylic acids is 1. The van der Waals surface area contributed by atoms with Crippen LogP contribution in [0.4, 0.5) is 13.9 Å². The van der Waals surface area contributed by atoms with E-state index in [9.17, 15) is 13.6 Å². The summed E-state index contributed by atoms with van der Waals surface area (Å²) in [4.78, 5) is 17.4. The fraction of sp³-hybridized carbons (Fsp3) is 0.200. The minimum Gasteiger partial charge on any atom is -0.395 e. The number of nitrogens with zero attached hydrogens (tertiary/aromatic N) is 1. The van der Waals surface area contributed by atoms with Gasteiger partial charge in [0.05, 0.1) is 11.1 Å². The predicted molar refractivity (Wildman–Crippen MR) is 105 cm³/mol. The van der Waals surface area contributed by atoms with Crippen molar-refractivity contribution in [2.75, 3.05) is 5.32 Å². The second-order valence-electron chi connectivity index (χ2n) is 6.91. The van der Waals surface area contributed by atoms with Crippen LogP contribution in [0.25, 0.3) is 11.3 Å². The van der Waals surface area contributed by atoms with Crippen LogP contribution in [0.3, 0.4) is 0 Å². The molecule has 0 atom stereocenters. The standard InChI is InChI=1S/C20H13ClF2N2O3S/c21-13-3-1-2-11(8-13)14-10-29-18(24-14)25-17(26)19(6-7-19)12-4-5-15-16(9-12)28-20(22,23)27-15/h1-5,8-10H,6-7H2,(H,24,25,26). The van der Waals surface area contributed by atoms with Gasteiger partial charge in [0, 0.05) is 16.0 Å². The maximum absolute atomic E-state index is 13.3. The van der Waals surface area contributed by atoms with Gasteiger partial charge in [0.2, 0.25) is 5.91 Å². The molecule has 0 spiro atoms. The Morgan fingerprint density at radius 1 is 1.14 bits per heavy atom. The Hall–Kier alpha value is -2.71. The summed E-state index contributed by atoms with van der Waals surface area (Å²) >= 11 is 7.33. The number of benzene rings is 2. The number of ether oxygens (including phenoxy) is 2. The van der Waals surface area contributed by atoms with Gasteiger partial charge >= 0.3 is 6.29 Å². The molecule has 0 unspecified atom stereocenters. The molecule has 0 bridgehead atoms. The summed E-state index contributed by atoms with van der Waals surface area (Å²) < 4.78 is 35.4. The Kier molecular flexibility index (Phi) is 4.04. The van der Waals surface area contributed by atoms with Crippen molar-refractivity contribution < 1.29 is 23.0 Å². The predicted octanol–water partition coefficient (Wildman–Crippen LogP) is 5.46. The van der Waals surface area contributed by atoms with E-state index in [1.165, 1.54) is 23.5 Å². The average Bonchev–Trinajstić information content (AvgIpc) is 3.25.